The molecule has 1 N–H and O–H groups in total. The SMILES string of the molecule is CCNC(c1ccc(F)c(F)c1)c1cc(F)ccc1F. The molecule has 2 aromatic carbocycles. The first-order valence-corrected chi connectivity index (χ1v) is 6.16. The Labute approximate surface area is 114 Å². The zero-order chi connectivity index (χ0) is 14.7. The van der Waals surface area contributed by atoms with Gasteiger partial charge in [0.1, 0.15) is 11.6 Å². The van der Waals surface area contributed by atoms with E-state index in [0.29, 0.717) is 12.1 Å². The Morgan fingerprint density at radius 1 is 0.900 bits per heavy atom. The molecular formula is C15H13F4N. The molecule has 0 saturated carbocycles. The van der Waals surface area contributed by atoms with Gasteiger partial charge in [-0.15, -0.1) is 0 Å². The van der Waals surface area contributed by atoms with E-state index in [1.54, 1.807) is 6.92 Å². The highest BCUT2D eigenvalue weighted by Gasteiger charge is 2.19. The highest BCUT2D eigenvalue weighted by atomic mass is 19.2. The van der Waals surface area contributed by atoms with Gasteiger partial charge in [-0.3, -0.25) is 0 Å². The van der Waals surface area contributed by atoms with Crippen molar-refractivity contribution in [1.82, 2.24) is 5.32 Å². The molecule has 0 bridgehead atoms. The van der Waals surface area contributed by atoms with Gasteiger partial charge in [0.2, 0.25) is 0 Å². The lowest BCUT2D eigenvalue weighted by Gasteiger charge is -2.19. The zero-order valence-corrected chi connectivity index (χ0v) is 10.8. The maximum atomic E-state index is 13.8. The van der Waals surface area contributed by atoms with Gasteiger partial charge in [-0.2, -0.15) is 0 Å². The van der Waals surface area contributed by atoms with E-state index in [1.165, 1.54) is 6.07 Å². The van der Waals surface area contributed by atoms with E-state index < -0.39 is 29.3 Å². The van der Waals surface area contributed by atoms with Crippen LogP contribution in [0.1, 0.15) is 24.1 Å². The van der Waals surface area contributed by atoms with E-state index in [1.807, 2.05) is 0 Å². The maximum absolute atomic E-state index is 13.8. The molecule has 0 spiro atoms. The molecule has 0 fully saturated rings. The standard InChI is InChI=1S/C15H13F4N/c1-2-20-15(9-3-5-13(18)14(19)7-9)11-8-10(16)4-6-12(11)17/h3-8,15,20H,2H2,1H3. The van der Waals surface area contributed by atoms with Crippen LogP contribution in [0.3, 0.4) is 0 Å². The highest BCUT2D eigenvalue weighted by Crippen LogP contribution is 2.26. The molecule has 1 atom stereocenters. The fraction of sp³-hybridized carbons (Fsp3) is 0.200. The van der Waals surface area contributed by atoms with Crippen molar-refractivity contribution in [2.75, 3.05) is 6.54 Å². The molecule has 5 heteroatoms. The third kappa shape index (κ3) is 2.99. The Balaban J connectivity index is 2.49. The molecular weight excluding hydrogens is 270 g/mol. The fourth-order valence-electron chi connectivity index (χ4n) is 2.04. The predicted molar refractivity (Wildman–Crippen MR) is 68.2 cm³/mol. The van der Waals surface area contributed by atoms with Crippen LogP contribution in [0.15, 0.2) is 36.4 Å². The van der Waals surface area contributed by atoms with E-state index >= 15 is 0 Å². The highest BCUT2D eigenvalue weighted by molar-refractivity contribution is 5.33. The number of hydrogen-bond donors (Lipinski definition) is 1. The van der Waals surface area contributed by atoms with Crippen molar-refractivity contribution in [3.05, 3.63) is 70.8 Å². The summed E-state index contributed by atoms with van der Waals surface area (Å²) in [6.45, 7) is 2.24. The molecule has 0 aliphatic heterocycles. The van der Waals surface area contributed by atoms with Crippen LogP contribution in [0.4, 0.5) is 17.6 Å². The van der Waals surface area contributed by atoms with Crippen LogP contribution in [0, 0.1) is 23.3 Å². The maximum Gasteiger partial charge on any atom is 0.159 e. The van der Waals surface area contributed by atoms with Gasteiger partial charge in [0.15, 0.2) is 11.6 Å². The molecule has 0 radical (unpaired) electrons. The van der Waals surface area contributed by atoms with Crippen molar-refractivity contribution >= 4 is 0 Å². The predicted octanol–water partition coefficient (Wildman–Crippen LogP) is 3.94. The fourth-order valence-corrected chi connectivity index (χ4v) is 2.04. The summed E-state index contributed by atoms with van der Waals surface area (Å²) in [7, 11) is 0. The molecule has 0 aliphatic rings. The molecule has 2 aromatic rings. The van der Waals surface area contributed by atoms with Gasteiger partial charge in [0.25, 0.3) is 0 Å². The van der Waals surface area contributed by atoms with E-state index in [9.17, 15) is 17.6 Å². The lowest BCUT2D eigenvalue weighted by atomic mass is 9.97. The zero-order valence-electron chi connectivity index (χ0n) is 10.8. The van der Waals surface area contributed by atoms with Gasteiger partial charge >= 0.3 is 0 Å². The van der Waals surface area contributed by atoms with Gasteiger partial charge < -0.3 is 5.32 Å². The Hall–Kier alpha value is -1.88. The topological polar surface area (TPSA) is 12.0 Å². The van der Waals surface area contributed by atoms with Crippen molar-refractivity contribution in [1.29, 1.82) is 0 Å². The molecule has 1 nitrogen and oxygen atoms in total. The first kappa shape index (κ1) is 14.5. The van der Waals surface area contributed by atoms with Crippen LogP contribution in [0.25, 0.3) is 0 Å². The van der Waals surface area contributed by atoms with Gasteiger partial charge in [0.05, 0.1) is 6.04 Å². The Morgan fingerprint density at radius 3 is 2.25 bits per heavy atom. The van der Waals surface area contributed by atoms with Gasteiger partial charge in [-0.1, -0.05) is 13.0 Å². The van der Waals surface area contributed by atoms with Crippen molar-refractivity contribution in [3.63, 3.8) is 0 Å². The second kappa shape index (κ2) is 6.05. The quantitative estimate of drug-likeness (QED) is 0.838. The Kier molecular flexibility index (Phi) is 4.39. The molecule has 1 unspecified atom stereocenters. The largest absolute Gasteiger partial charge is 0.306 e. The second-order valence-electron chi connectivity index (χ2n) is 4.33. The number of nitrogens with one attached hydrogen (secondary N) is 1. The monoisotopic (exact) mass is 283 g/mol. The van der Waals surface area contributed by atoms with Crippen molar-refractivity contribution in [2.45, 2.75) is 13.0 Å². The number of rotatable bonds is 4. The van der Waals surface area contributed by atoms with E-state index in [0.717, 1.165) is 30.3 Å². The summed E-state index contributed by atoms with van der Waals surface area (Å²) in [5.74, 6) is -3.21. The third-order valence-electron chi connectivity index (χ3n) is 2.95. The van der Waals surface area contributed by atoms with Crippen molar-refractivity contribution in [3.8, 4) is 0 Å². The van der Waals surface area contributed by atoms with E-state index in [-0.39, 0.29) is 5.56 Å². The summed E-state index contributed by atoms with van der Waals surface area (Å²) in [5.41, 5.74) is 0.383. The molecule has 0 aromatic heterocycles. The third-order valence-corrected chi connectivity index (χ3v) is 2.95. The number of halogens is 4. The molecule has 20 heavy (non-hydrogen) atoms. The normalized spacial score (nSPS) is 12.4. The first-order chi connectivity index (χ1) is 9.52. The van der Waals surface area contributed by atoms with E-state index in [2.05, 4.69) is 5.32 Å². The van der Waals surface area contributed by atoms with Crippen LogP contribution < -0.4 is 5.32 Å². The minimum atomic E-state index is -1.03. The first-order valence-electron chi connectivity index (χ1n) is 6.16. The summed E-state index contributed by atoms with van der Waals surface area (Å²) in [6, 6.07) is 5.60. The number of hydrogen-bond acceptors (Lipinski definition) is 1. The van der Waals surface area contributed by atoms with Crippen molar-refractivity contribution in [2.24, 2.45) is 0 Å². The average Bonchev–Trinajstić information content (AvgIpc) is 2.42. The van der Waals surface area contributed by atoms with Gasteiger partial charge in [-0.05, 0) is 42.4 Å². The molecule has 0 saturated heterocycles. The average molecular weight is 283 g/mol. The Morgan fingerprint density at radius 2 is 1.60 bits per heavy atom. The molecule has 0 amide bonds. The molecule has 106 valence electrons. The summed E-state index contributed by atoms with van der Waals surface area (Å²) in [4.78, 5) is 0. The van der Waals surface area contributed by atoms with Crippen LogP contribution in [0.2, 0.25) is 0 Å². The van der Waals surface area contributed by atoms with E-state index in [4.69, 9.17) is 0 Å². The molecule has 0 aliphatic carbocycles. The van der Waals surface area contributed by atoms with Crippen LogP contribution in [0.5, 0.6) is 0 Å². The summed E-state index contributed by atoms with van der Waals surface area (Å²) >= 11 is 0. The molecule has 0 heterocycles. The smallest absolute Gasteiger partial charge is 0.159 e. The minimum absolute atomic E-state index is 0.0536. The van der Waals surface area contributed by atoms with Crippen LogP contribution in [-0.2, 0) is 0 Å². The van der Waals surface area contributed by atoms with Gasteiger partial charge in [-0.25, -0.2) is 17.6 Å². The summed E-state index contributed by atoms with van der Waals surface area (Å²) in [5, 5.41) is 2.93. The molecule has 2 rings (SSSR count). The lowest BCUT2D eigenvalue weighted by molar-refractivity contribution is 0.501. The van der Waals surface area contributed by atoms with Crippen molar-refractivity contribution < 1.29 is 17.6 Å². The van der Waals surface area contributed by atoms with Crippen LogP contribution >= 0.6 is 0 Å². The summed E-state index contributed by atoms with van der Waals surface area (Å²) in [6.07, 6.45) is 0. The van der Waals surface area contributed by atoms with Gasteiger partial charge in [0, 0.05) is 5.56 Å². The summed E-state index contributed by atoms with van der Waals surface area (Å²) < 4.78 is 53.4. The second-order valence-corrected chi connectivity index (χ2v) is 4.33. The minimum Gasteiger partial charge on any atom is -0.306 e. The lowest BCUT2D eigenvalue weighted by Crippen LogP contribution is -2.23. The number of benzene rings is 2. The Bertz CT molecular complexity index is 613. The van der Waals surface area contributed by atoms with Crippen LogP contribution in [-0.4, -0.2) is 6.54 Å².